The van der Waals surface area contributed by atoms with Crippen LogP contribution in [-0.2, 0) is 0 Å². The van der Waals surface area contributed by atoms with E-state index < -0.39 is 0 Å². The van der Waals surface area contributed by atoms with Crippen molar-refractivity contribution >= 4 is 5.71 Å². The van der Waals surface area contributed by atoms with Gasteiger partial charge in [-0.25, -0.2) is 0 Å². The van der Waals surface area contributed by atoms with E-state index in [1.165, 1.54) is 0 Å². The van der Waals surface area contributed by atoms with Crippen LogP contribution in [0.4, 0.5) is 0 Å². The second-order valence-corrected chi connectivity index (χ2v) is 3.08. The molecular weight excluding hydrogens is 162 g/mol. The first kappa shape index (κ1) is 11.8. The molecule has 0 heterocycles. The van der Waals surface area contributed by atoms with Gasteiger partial charge >= 0.3 is 0 Å². The Kier molecular flexibility index (Phi) is 4.89. The number of hydrogen-bond donors (Lipinski definition) is 2. The molecule has 0 saturated carbocycles. The Morgan fingerprint density at radius 2 is 1.92 bits per heavy atom. The molecule has 0 atom stereocenters. The number of rotatable bonds is 6. The van der Waals surface area contributed by atoms with Crippen molar-refractivity contribution in [3.05, 3.63) is 24.7 Å². The fraction of sp³-hybridized carbons (Fsp3) is 0.500. The van der Waals surface area contributed by atoms with Crippen LogP contribution in [-0.4, -0.2) is 17.2 Å². The number of nitrogens with two attached hydrogens (primary N) is 1. The summed E-state index contributed by atoms with van der Waals surface area (Å²) in [5.41, 5.74) is 7.17. The van der Waals surface area contributed by atoms with Crippen LogP contribution >= 0.6 is 0 Å². The summed E-state index contributed by atoms with van der Waals surface area (Å²) >= 11 is 0. The van der Waals surface area contributed by atoms with Gasteiger partial charge in [-0.15, -0.1) is 0 Å². The van der Waals surface area contributed by atoms with Crippen LogP contribution in [0.2, 0.25) is 0 Å². The van der Waals surface area contributed by atoms with Crippen molar-refractivity contribution in [1.82, 2.24) is 4.90 Å². The van der Waals surface area contributed by atoms with Crippen molar-refractivity contribution in [1.29, 1.82) is 5.41 Å². The molecule has 0 rings (SSSR count). The monoisotopic (exact) mass is 181 g/mol. The fourth-order valence-electron chi connectivity index (χ4n) is 1.10. The standard InChI is InChI=1S/C10H19N3/c1-5-13(10(4)12)9(3)7-6-8(2)11/h11H,3-7,12H2,1-2H3. The zero-order valence-electron chi connectivity index (χ0n) is 8.56. The summed E-state index contributed by atoms with van der Waals surface area (Å²) in [5, 5.41) is 7.28. The summed E-state index contributed by atoms with van der Waals surface area (Å²) in [5.74, 6) is 0.523. The van der Waals surface area contributed by atoms with Gasteiger partial charge in [0, 0.05) is 18.0 Å². The molecule has 0 spiro atoms. The highest BCUT2D eigenvalue weighted by Gasteiger charge is 2.06. The van der Waals surface area contributed by atoms with Gasteiger partial charge in [-0.2, -0.15) is 0 Å². The Labute approximate surface area is 80.4 Å². The zero-order valence-corrected chi connectivity index (χ0v) is 8.56. The lowest BCUT2D eigenvalue weighted by Crippen LogP contribution is -2.25. The molecule has 3 heteroatoms. The number of hydrogen-bond acceptors (Lipinski definition) is 3. The summed E-state index contributed by atoms with van der Waals surface area (Å²) in [7, 11) is 0. The van der Waals surface area contributed by atoms with E-state index in [-0.39, 0.29) is 0 Å². The average molecular weight is 181 g/mol. The van der Waals surface area contributed by atoms with E-state index in [0.29, 0.717) is 11.5 Å². The third-order valence-electron chi connectivity index (χ3n) is 1.83. The summed E-state index contributed by atoms with van der Waals surface area (Å²) in [6.45, 7) is 12.1. The van der Waals surface area contributed by atoms with Crippen molar-refractivity contribution in [2.24, 2.45) is 5.73 Å². The van der Waals surface area contributed by atoms with E-state index in [9.17, 15) is 0 Å². The van der Waals surface area contributed by atoms with E-state index >= 15 is 0 Å². The maximum atomic E-state index is 7.28. The molecule has 3 N–H and O–H groups in total. The van der Waals surface area contributed by atoms with Gasteiger partial charge in [0.2, 0.25) is 0 Å². The van der Waals surface area contributed by atoms with Gasteiger partial charge in [-0.1, -0.05) is 13.2 Å². The van der Waals surface area contributed by atoms with E-state index in [2.05, 4.69) is 13.2 Å². The molecule has 0 aliphatic heterocycles. The Hall–Kier alpha value is -1.25. The molecule has 13 heavy (non-hydrogen) atoms. The first-order valence-electron chi connectivity index (χ1n) is 4.42. The van der Waals surface area contributed by atoms with Gasteiger partial charge < -0.3 is 16.0 Å². The zero-order chi connectivity index (χ0) is 10.4. The van der Waals surface area contributed by atoms with Gasteiger partial charge in [0.1, 0.15) is 0 Å². The molecule has 0 aliphatic rings. The maximum Gasteiger partial charge on any atom is 0.0954 e. The minimum absolute atomic E-state index is 0.523. The summed E-state index contributed by atoms with van der Waals surface area (Å²) in [4.78, 5) is 1.86. The molecule has 3 nitrogen and oxygen atoms in total. The van der Waals surface area contributed by atoms with Gasteiger partial charge in [0.15, 0.2) is 0 Å². The smallest absolute Gasteiger partial charge is 0.0954 e. The van der Waals surface area contributed by atoms with Crippen molar-refractivity contribution < 1.29 is 0 Å². The highest BCUT2D eigenvalue weighted by atomic mass is 15.2. The summed E-state index contributed by atoms with van der Waals surface area (Å²) < 4.78 is 0. The molecular formula is C10H19N3. The van der Waals surface area contributed by atoms with Crippen LogP contribution in [0, 0.1) is 5.41 Å². The minimum atomic E-state index is 0.523. The molecule has 0 aromatic heterocycles. The van der Waals surface area contributed by atoms with Crippen LogP contribution in [0.3, 0.4) is 0 Å². The van der Waals surface area contributed by atoms with Crippen LogP contribution in [0.1, 0.15) is 26.7 Å². The Morgan fingerprint density at radius 1 is 1.38 bits per heavy atom. The first-order chi connectivity index (χ1) is 5.99. The van der Waals surface area contributed by atoms with Gasteiger partial charge in [-0.05, 0) is 26.7 Å². The van der Waals surface area contributed by atoms with Gasteiger partial charge in [-0.3, -0.25) is 0 Å². The van der Waals surface area contributed by atoms with E-state index in [1.807, 2.05) is 11.8 Å². The molecule has 0 saturated heterocycles. The molecule has 74 valence electrons. The second kappa shape index (κ2) is 5.41. The largest absolute Gasteiger partial charge is 0.386 e. The van der Waals surface area contributed by atoms with Crippen LogP contribution in [0.5, 0.6) is 0 Å². The van der Waals surface area contributed by atoms with Crippen LogP contribution in [0.15, 0.2) is 24.7 Å². The fourth-order valence-corrected chi connectivity index (χ4v) is 1.10. The topological polar surface area (TPSA) is 53.1 Å². The van der Waals surface area contributed by atoms with Crippen molar-refractivity contribution in [2.75, 3.05) is 6.54 Å². The first-order valence-corrected chi connectivity index (χ1v) is 4.42. The SMILES string of the molecule is C=C(N)N(CC)C(=C)CCC(C)=N. The van der Waals surface area contributed by atoms with Gasteiger partial charge in [0.25, 0.3) is 0 Å². The molecule has 0 radical (unpaired) electrons. The number of nitrogens with zero attached hydrogens (tertiary/aromatic N) is 1. The number of nitrogens with one attached hydrogen (secondary N) is 1. The van der Waals surface area contributed by atoms with Crippen molar-refractivity contribution in [3.8, 4) is 0 Å². The lowest BCUT2D eigenvalue weighted by Gasteiger charge is -2.24. The molecule has 0 aliphatic carbocycles. The Bertz CT molecular complexity index is 218. The summed E-state index contributed by atoms with van der Waals surface area (Å²) in [6.07, 6.45) is 1.52. The third-order valence-corrected chi connectivity index (χ3v) is 1.83. The molecule has 0 amide bonds. The normalized spacial score (nSPS) is 9.38. The predicted molar refractivity (Wildman–Crippen MR) is 57.5 cm³/mol. The Balaban J connectivity index is 4.07. The average Bonchev–Trinajstić information content (AvgIpc) is 2.01. The van der Waals surface area contributed by atoms with E-state index in [0.717, 1.165) is 25.1 Å². The maximum absolute atomic E-state index is 7.28. The van der Waals surface area contributed by atoms with Crippen molar-refractivity contribution in [2.45, 2.75) is 26.7 Å². The molecule has 0 fully saturated rings. The number of allylic oxidation sites excluding steroid dienone is 1. The third kappa shape index (κ3) is 4.35. The highest BCUT2D eigenvalue weighted by molar-refractivity contribution is 5.78. The Morgan fingerprint density at radius 3 is 2.23 bits per heavy atom. The predicted octanol–water partition coefficient (Wildman–Crippen LogP) is 2.07. The molecule has 0 bridgehead atoms. The lowest BCUT2D eigenvalue weighted by atomic mass is 10.2. The van der Waals surface area contributed by atoms with E-state index in [4.69, 9.17) is 11.1 Å². The van der Waals surface area contributed by atoms with Crippen LogP contribution in [0.25, 0.3) is 0 Å². The van der Waals surface area contributed by atoms with E-state index in [1.54, 1.807) is 6.92 Å². The second-order valence-electron chi connectivity index (χ2n) is 3.08. The quantitative estimate of drug-likeness (QED) is 0.616. The minimum Gasteiger partial charge on any atom is -0.386 e. The van der Waals surface area contributed by atoms with Gasteiger partial charge in [0.05, 0.1) is 5.82 Å². The summed E-state index contributed by atoms with van der Waals surface area (Å²) in [6, 6.07) is 0. The highest BCUT2D eigenvalue weighted by Crippen LogP contribution is 2.11. The molecule has 0 unspecified atom stereocenters. The van der Waals surface area contributed by atoms with Crippen molar-refractivity contribution in [3.63, 3.8) is 0 Å². The molecule has 0 aromatic carbocycles. The lowest BCUT2D eigenvalue weighted by molar-refractivity contribution is 0.432. The molecule has 0 aromatic rings. The van der Waals surface area contributed by atoms with Crippen LogP contribution < -0.4 is 5.73 Å².